The Morgan fingerprint density at radius 1 is 1.14 bits per heavy atom. The molecule has 0 fully saturated rings. The summed E-state index contributed by atoms with van der Waals surface area (Å²) in [5.74, 6) is 0.149. The number of ether oxygens (including phenoxy) is 1. The van der Waals surface area contributed by atoms with E-state index in [4.69, 9.17) is 4.74 Å². The van der Waals surface area contributed by atoms with Crippen LogP contribution in [-0.2, 0) is 14.8 Å². The molecular formula is C20H26BrN3O4S. The molecule has 0 spiro atoms. The van der Waals surface area contributed by atoms with Crippen LogP contribution in [0.5, 0.6) is 5.75 Å². The van der Waals surface area contributed by atoms with E-state index in [0.29, 0.717) is 29.0 Å². The number of aryl methyl sites for hydroxylation is 1. The first-order chi connectivity index (χ1) is 13.6. The van der Waals surface area contributed by atoms with Gasteiger partial charge in [0.25, 0.3) is 10.0 Å². The zero-order valence-electron chi connectivity index (χ0n) is 17.0. The minimum Gasteiger partial charge on any atom is -0.496 e. The van der Waals surface area contributed by atoms with E-state index >= 15 is 0 Å². The maximum Gasteiger partial charge on any atom is 0.264 e. The molecule has 1 N–H and O–H groups in total. The molecular weight excluding hydrogens is 458 g/mol. The zero-order chi connectivity index (χ0) is 21.6. The Morgan fingerprint density at radius 2 is 1.79 bits per heavy atom. The number of methoxy groups -OCH3 is 1. The van der Waals surface area contributed by atoms with Crippen molar-refractivity contribution in [3.05, 3.63) is 52.5 Å². The smallest absolute Gasteiger partial charge is 0.264 e. The van der Waals surface area contributed by atoms with E-state index < -0.39 is 10.0 Å². The summed E-state index contributed by atoms with van der Waals surface area (Å²) in [4.78, 5) is 14.5. The number of carbonyl (C=O) groups excluding carboxylic acids is 1. The molecule has 7 nitrogen and oxygen atoms in total. The van der Waals surface area contributed by atoms with Gasteiger partial charge in [-0.25, -0.2) is 8.42 Å². The predicted octanol–water partition coefficient (Wildman–Crippen LogP) is 2.64. The normalized spacial score (nSPS) is 11.4. The van der Waals surface area contributed by atoms with Gasteiger partial charge in [0.15, 0.2) is 0 Å². The lowest BCUT2D eigenvalue weighted by atomic mass is 10.2. The first-order valence-electron chi connectivity index (χ1n) is 8.99. The quantitative estimate of drug-likeness (QED) is 0.592. The van der Waals surface area contributed by atoms with E-state index in [1.165, 1.54) is 19.2 Å². The van der Waals surface area contributed by atoms with E-state index in [1.54, 1.807) is 18.2 Å². The standard InChI is InChI=1S/C20H26BrN3O4S/c1-15-5-7-16(8-6-15)24(14-20(25)22-11-12-23(2)3)29(26,27)17-9-10-19(28-4)18(21)13-17/h5-10,13H,11-12,14H2,1-4H3,(H,22,25). The fourth-order valence-electron chi connectivity index (χ4n) is 2.57. The molecule has 0 bridgehead atoms. The average molecular weight is 484 g/mol. The number of rotatable bonds is 9. The lowest BCUT2D eigenvalue weighted by Crippen LogP contribution is -2.42. The number of nitrogens with zero attached hydrogens (tertiary/aromatic N) is 2. The van der Waals surface area contributed by atoms with Gasteiger partial charge in [-0.1, -0.05) is 17.7 Å². The van der Waals surface area contributed by atoms with Gasteiger partial charge in [-0.3, -0.25) is 9.10 Å². The maximum atomic E-state index is 13.4. The van der Waals surface area contributed by atoms with Gasteiger partial charge >= 0.3 is 0 Å². The monoisotopic (exact) mass is 483 g/mol. The van der Waals surface area contributed by atoms with Crippen molar-refractivity contribution in [2.45, 2.75) is 11.8 Å². The predicted molar refractivity (Wildman–Crippen MR) is 118 cm³/mol. The summed E-state index contributed by atoms with van der Waals surface area (Å²) in [5.41, 5.74) is 1.42. The SMILES string of the molecule is COc1ccc(S(=O)(=O)N(CC(=O)NCCN(C)C)c2ccc(C)cc2)cc1Br. The van der Waals surface area contributed by atoms with Gasteiger partial charge in [-0.15, -0.1) is 0 Å². The largest absolute Gasteiger partial charge is 0.496 e. The highest BCUT2D eigenvalue weighted by molar-refractivity contribution is 9.10. The minimum atomic E-state index is -3.97. The molecule has 9 heteroatoms. The van der Waals surface area contributed by atoms with Crippen LogP contribution in [0.4, 0.5) is 5.69 Å². The molecule has 0 saturated carbocycles. The first kappa shape index (κ1) is 23.2. The van der Waals surface area contributed by atoms with Gasteiger partial charge in [-0.05, 0) is 67.3 Å². The Morgan fingerprint density at radius 3 is 2.34 bits per heavy atom. The van der Waals surface area contributed by atoms with E-state index in [1.807, 2.05) is 38.1 Å². The molecule has 2 rings (SSSR count). The number of amides is 1. The summed E-state index contributed by atoms with van der Waals surface area (Å²) in [6.07, 6.45) is 0. The van der Waals surface area contributed by atoms with Crippen LogP contribution in [0, 0.1) is 6.92 Å². The Kier molecular flexibility index (Phi) is 8.06. The molecule has 158 valence electrons. The average Bonchev–Trinajstić information content (AvgIpc) is 2.66. The summed E-state index contributed by atoms with van der Waals surface area (Å²) in [6, 6.07) is 11.5. The van der Waals surface area contributed by atoms with Crippen LogP contribution < -0.4 is 14.4 Å². The number of anilines is 1. The fourth-order valence-corrected chi connectivity index (χ4v) is 4.71. The highest BCUT2D eigenvalue weighted by atomic mass is 79.9. The second-order valence-electron chi connectivity index (χ2n) is 6.80. The van der Waals surface area contributed by atoms with Crippen LogP contribution in [0.2, 0.25) is 0 Å². The lowest BCUT2D eigenvalue weighted by molar-refractivity contribution is -0.119. The van der Waals surface area contributed by atoms with Crippen LogP contribution in [0.1, 0.15) is 5.56 Å². The third kappa shape index (κ3) is 6.19. The lowest BCUT2D eigenvalue weighted by Gasteiger charge is -2.24. The van der Waals surface area contributed by atoms with Crippen molar-refractivity contribution in [1.82, 2.24) is 10.2 Å². The third-order valence-electron chi connectivity index (χ3n) is 4.20. The molecule has 0 aliphatic rings. The van der Waals surface area contributed by atoms with Crippen molar-refractivity contribution in [2.24, 2.45) is 0 Å². The van der Waals surface area contributed by atoms with Crippen LogP contribution in [0.3, 0.4) is 0 Å². The van der Waals surface area contributed by atoms with Gasteiger partial charge in [0.05, 0.1) is 22.2 Å². The van der Waals surface area contributed by atoms with Gasteiger partial charge < -0.3 is 15.0 Å². The van der Waals surface area contributed by atoms with Crippen molar-refractivity contribution in [2.75, 3.05) is 45.1 Å². The molecule has 0 saturated heterocycles. The molecule has 0 unspecified atom stereocenters. The Labute approximate surface area is 180 Å². The Hall–Kier alpha value is -2.10. The topological polar surface area (TPSA) is 79.0 Å². The van der Waals surface area contributed by atoms with Gasteiger partial charge in [-0.2, -0.15) is 0 Å². The summed E-state index contributed by atoms with van der Waals surface area (Å²) in [6.45, 7) is 2.69. The zero-order valence-corrected chi connectivity index (χ0v) is 19.4. The summed E-state index contributed by atoms with van der Waals surface area (Å²) < 4.78 is 33.5. The molecule has 2 aromatic carbocycles. The number of hydrogen-bond acceptors (Lipinski definition) is 5. The van der Waals surface area contributed by atoms with E-state index in [0.717, 1.165) is 9.87 Å². The molecule has 1 amide bonds. The van der Waals surface area contributed by atoms with Crippen LogP contribution >= 0.6 is 15.9 Å². The van der Waals surface area contributed by atoms with Gasteiger partial charge in [0, 0.05) is 13.1 Å². The number of benzene rings is 2. The second-order valence-corrected chi connectivity index (χ2v) is 9.51. The number of halogens is 1. The second kappa shape index (κ2) is 10.1. The molecule has 0 heterocycles. The van der Waals surface area contributed by atoms with Crippen LogP contribution in [0.15, 0.2) is 51.8 Å². The number of likely N-dealkylation sites (N-methyl/N-ethyl adjacent to an activating group) is 1. The molecule has 29 heavy (non-hydrogen) atoms. The van der Waals surface area contributed by atoms with Crippen molar-refractivity contribution >= 4 is 37.5 Å². The highest BCUT2D eigenvalue weighted by Gasteiger charge is 2.27. The van der Waals surface area contributed by atoms with E-state index in [-0.39, 0.29) is 17.3 Å². The van der Waals surface area contributed by atoms with Crippen molar-refractivity contribution in [3.8, 4) is 5.75 Å². The molecule has 0 aromatic heterocycles. The third-order valence-corrected chi connectivity index (χ3v) is 6.59. The van der Waals surface area contributed by atoms with Crippen molar-refractivity contribution in [1.29, 1.82) is 0 Å². The van der Waals surface area contributed by atoms with Gasteiger partial charge in [0.2, 0.25) is 5.91 Å². The summed E-state index contributed by atoms with van der Waals surface area (Å²) >= 11 is 3.32. The van der Waals surface area contributed by atoms with E-state index in [2.05, 4.69) is 21.2 Å². The number of carbonyl (C=O) groups is 1. The fraction of sp³-hybridized carbons (Fsp3) is 0.350. The van der Waals surface area contributed by atoms with Gasteiger partial charge in [0.1, 0.15) is 12.3 Å². The Bertz CT molecular complexity index is 947. The molecule has 0 aliphatic carbocycles. The summed E-state index contributed by atoms with van der Waals surface area (Å²) in [7, 11) is 1.33. The first-order valence-corrected chi connectivity index (χ1v) is 11.2. The number of hydrogen-bond donors (Lipinski definition) is 1. The Balaban J connectivity index is 2.36. The number of sulfonamides is 1. The van der Waals surface area contributed by atoms with Crippen molar-refractivity contribution < 1.29 is 17.9 Å². The van der Waals surface area contributed by atoms with Crippen LogP contribution in [0.25, 0.3) is 0 Å². The highest BCUT2D eigenvalue weighted by Crippen LogP contribution is 2.30. The van der Waals surface area contributed by atoms with E-state index in [9.17, 15) is 13.2 Å². The maximum absolute atomic E-state index is 13.4. The van der Waals surface area contributed by atoms with Crippen molar-refractivity contribution in [3.63, 3.8) is 0 Å². The molecule has 0 atom stereocenters. The minimum absolute atomic E-state index is 0.0619. The van der Waals surface area contributed by atoms with Crippen LogP contribution in [-0.4, -0.2) is 60.1 Å². The summed E-state index contributed by atoms with van der Waals surface area (Å²) in [5, 5.41) is 2.76. The molecule has 0 aliphatic heterocycles. The molecule has 2 aromatic rings. The number of nitrogens with one attached hydrogen (secondary N) is 1. The molecule has 0 radical (unpaired) electrons.